The molecule has 0 aliphatic rings. The van der Waals surface area contributed by atoms with Gasteiger partial charge in [0.05, 0.1) is 55.1 Å². The number of hydrogen-bond acceptors (Lipinski definition) is 3. The first-order valence-electron chi connectivity index (χ1n) is 6.98. The molecular weight excluding hydrogens is 276 g/mol. The molecule has 0 fully saturated rings. The predicted octanol–water partition coefficient (Wildman–Crippen LogP) is 0.102. The predicted molar refractivity (Wildman–Crippen MR) is 79.0 cm³/mol. The first kappa shape index (κ1) is 19.8. The first-order valence-corrected chi connectivity index (χ1v) is 6.98. The van der Waals surface area contributed by atoms with Crippen LogP contribution in [0.4, 0.5) is 0 Å². The van der Waals surface area contributed by atoms with E-state index < -0.39 is 24.1 Å². The molecule has 2 atom stereocenters. The van der Waals surface area contributed by atoms with Gasteiger partial charge >= 0.3 is 11.9 Å². The topological polar surface area (TPSA) is 83.8 Å². The summed E-state index contributed by atoms with van der Waals surface area (Å²) in [5.41, 5.74) is 0. The van der Waals surface area contributed by atoms with Crippen molar-refractivity contribution in [1.29, 1.82) is 0 Å². The molecule has 0 radical (unpaired) electrons. The largest absolute Gasteiger partial charge is 0.481 e. The fraction of sp³-hybridized carbons (Fsp3) is 0.857. The zero-order valence-electron chi connectivity index (χ0n) is 14.0. The maximum absolute atomic E-state index is 11.0. The van der Waals surface area contributed by atoms with E-state index >= 15 is 0 Å². The standard InChI is InChI=1S/C14H28N2O5/c1-15(2,3)9-11(7-13(17)18)21-12(8-14(19)20)10-16(4,5)6/h11-12H,7-10H2,1-6H3/p+2/t11-,12?/m1/s1. The van der Waals surface area contributed by atoms with E-state index in [0.29, 0.717) is 22.1 Å². The lowest BCUT2D eigenvalue weighted by molar-refractivity contribution is -0.878. The van der Waals surface area contributed by atoms with E-state index in [2.05, 4.69) is 0 Å². The van der Waals surface area contributed by atoms with Gasteiger partial charge in [-0.15, -0.1) is 0 Å². The summed E-state index contributed by atoms with van der Waals surface area (Å²) >= 11 is 0. The number of carboxylic acids is 2. The van der Waals surface area contributed by atoms with Crippen LogP contribution in [0.2, 0.25) is 0 Å². The van der Waals surface area contributed by atoms with E-state index in [-0.39, 0.29) is 12.8 Å². The van der Waals surface area contributed by atoms with E-state index in [1.54, 1.807) is 0 Å². The van der Waals surface area contributed by atoms with E-state index in [1.807, 2.05) is 42.3 Å². The molecule has 7 nitrogen and oxygen atoms in total. The number of aliphatic carboxylic acids is 2. The van der Waals surface area contributed by atoms with Gasteiger partial charge in [-0.25, -0.2) is 0 Å². The van der Waals surface area contributed by atoms with Crippen molar-refractivity contribution >= 4 is 11.9 Å². The number of quaternary nitrogens is 2. The SMILES string of the molecule is C[N+](C)(C)CC(CC(=O)O)O[C@H](CC(=O)O)C[N+](C)(C)C. The summed E-state index contributed by atoms with van der Waals surface area (Å²) in [6, 6.07) is 0. The Kier molecular flexibility index (Phi) is 7.29. The lowest BCUT2D eigenvalue weighted by Gasteiger charge is -2.33. The third-order valence-electron chi connectivity index (χ3n) is 2.69. The third-order valence-corrected chi connectivity index (χ3v) is 2.69. The van der Waals surface area contributed by atoms with Gasteiger partial charge < -0.3 is 23.9 Å². The molecule has 0 heterocycles. The van der Waals surface area contributed by atoms with Gasteiger partial charge in [-0.1, -0.05) is 0 Å². The zero-order chi connectivity index (χ0) is 16.8. The Morgan fingerprint density at radius 1 is 0.810 bits per heavy atom. The Bertz CT molecular complexity index is 323. The maximum atomic E-state index is 11.0. The highest BCUT2D eigenvalue weighted by molar-refractivity contribution is 5.68. The number of likely N-dealkylation sites (N-methyl/N-ethyl adjacent to an activating group) is 2. The Hall–Kier alpha value is -1.18. The molecule has 0 aliphatic heterocycles. The average Bonchev–Trinajstić information content (AvgIpc) is 2.07. The van der Waals surface area contributed by atoms with Crippen LogP contribution in [0.5, 0.6) is 0 Å². The second kappa shape index (κ2) is 7.72. The van der Waals surface area contributed by atoms with Gasteiger partial charge in [-0.2, -0.15) is 0 Å². The Morgan fingerprint density at radius 2 is 1.10 bits per heavy atom. The van der Waals surface area contributed by atoms with Crippen molar-refractivity contribution in [2.24, 2.45) is 0 Å². The highest BCUT2D eigenvalue weighted by Crippen LogP contribution is 2.13. The molecule has 21 heavy (non-hydrogen) atoms. The van der Waals surface area contributed by atoms with Gasteiger partial charge in [0.1, 0.15) is 25.3 Å². The molecule has 0 aromatic carbocycles. The number of hydrogen-bond donors (Lipinski definition) is 2. The van der Waals surface area contributed by atoms with E-state index in [4.69, 9.17) is 14.9 Å². The molecule has 1 unspecified atom stereocenters. The van der Waals surface area contributed by atoms with Gasteiger partial charge in [0, 0.05) is 0 Å². The highest BCUT2D eigenvalue weighted by atomic mass is 16.5. The van der Waals surface area contributed by atoms with E-state index in [0.717, 1.165) is 0 Å². The van der Waals surface area contributed by atoms with Gasteiger partial charge in [0.15, 0.2) is 0 Å². The van der Waals surface area contributed by atoms with Crippen LogP contribution in [-0.4, -0.2) is 98.7 Å². The summed E-state index contributed by atoms with van der Waals surface area (Å²) in [5.74, 6) is -1.87. The van der Waals surface area contributed by atoms with E-state index in [1.165, 1.54) is 0 Å². The molecule has 7 heteroatoms. The minimum Gasteiger partial charge on any atom is -0.481 e. The van der Waals surface area contributed by atoms with Crippen LogP contribution >= 0.6 is 0 Å². The molecule has 0 rings (SSSR count). The van der Waals surface area contributed by atoms with Gasteiger partial charge in [0.2, 0.25) is 0 Å². The van der Waals surface area contributed by atoms with Gasteiger partial charge in [-0.05, 0) is 0 Å². The van der Waals surface area contributed by atoms with Crippen molar-refractivity contribution in [1.82, 2.24) is 0 Å². The second-order valence-corrected chi connectivity index (χ2v) is 7.52. The third kappa shape index (κ3) is 12.3. The van der Waals surface area contributed by atoms with Crippen molar-refractivity contribution in [3.8, 4) is 0 Å². The summed E-state index contributed by atoms with van der Waals surface area (Å²) in [4.78, 5) is 22.0. The maximum Gasteiger partial charge on any atom is 0.306 e. The smallest absolute Gasteiger partial charge is 0.306 e. The number of carbonyl (C=O) groups is 2. The Labute approximate surface area is 126 Å². The second-order valence-electron chi connectivity index (χ2n) is 7.52. The molecule has 0 bridgehead atoms. The van der Waals surface area contributed by atoms with Crippen molar-refractivity contribution in [3.05, 3.63) is 0 Å². The average molecular weight is 306 g/mol. The van der Waals surface area contributed by atoms with Crippen molar-refractivity contribution in [2.45, 2.75) is 25.0 Å². The minimum absolute atomic E-state index is 0.122. The van der Waals surface area contributed by atoms with Crippen LogP contribution < -0.4 is 0 Å². The van der Waals surface area contributed by atoms with Crippen LogP contribution in [0.25, 0.3) is 0 Å². The summed E-state index contributed by atoms with van der Waals surface area (Å²) in [6.07, 6.45) is -1.25. The summed E-state index contributed by atoms with van der Waals surface area (Å²) in [6.45, 7) is 1.03. The summed E-state index contributed by atoms with van der Waals surface area (Å²) < 4.78 is 6.95. The number of nitrogens with zero attached hydrogens (tertiary/aromatic N) is 2. The van der Waals surface area contributed by atoms with E-state index in [9.17, 15) is 9.59 Å². The highest BCUT2D eigenvalue weighted by Gasteiger charge is 2.29. The number of carboxylic acid groups (broad SMARTS) is 2. The molecule has 0 amide bonds. The molecular formula is C14H30N2O5+2. The molecule has 0 saturated carbocycles. The summed E-state index contributed by atoms with van der Waals surface area (Å²) in [7, 11) is 11.7. The molecule has 0 aromatic rings. The lowest BCUT2D eigenvalue weighted by Crippen LogP contribution is -2.48. The minimum atomic E-state index is -0.937. The zero-order valence-corrected chi connectivity index (χ0v) is 14.0. The van der Waals surface area contributed by atoms with Crippen molar-refractivity contribution < 1.29 is 33.5 Å². The number of rotatable bonds is 10. The monoisotopic (exact) mass is 306 g/mol. The Morgan fingerprint density at radius 3 is 1.29 bits per heavy atom. The van der Waals surface area contributed by atoms with Gasteiger partial charge in [-0.3, -0.25) is 9.59 Å². The van der Waals surface area contributed by atoms with Crippen LogP contribution in [0, 0.1) is 0 Å². The quantitative estimate of drug-likeness (QED) is 0.559. The molecule has 2 N–H and O–H groups in total. The molecule has 0 saturated heterocycles. The van der Waals surface area contributed by atoms with Gasteiger partial charge in [0.25, 0.3) is 0 Å². The molecule has 0 aromatic heterocycles. The first-order chi connectivity index (χ1) is 9.28. The molecule has 0 aliphatic carbocycles. The molecule has 124 valence electrons. The fourth-order valence-electron chi connectivity index (χ4n) is 2.19. The van der Waals surface area contributed by atoms with Crippen LogP contribution in [0.1, 0.15) is 12.8 Å². The number of ether oxygens (including phenoxy) is 1. The fourth-order valence-corrected chi connectivity index (χ4v) is 2.19. The Balaban J connectivity index is 4.91. The van der Waals surface area contributed by atoms with Crippen LogP contribution in [0.15, 0.2) is 0 Å². The van der Waals surface area contributed by atoms with Crippen LogP contribution in [0.3, 0.4) is 0 Å². The van der Waals surface area contributed by atoms with Crippen LogP contribution in [-0.2, 0) is 14.3 Å². The van der Waals surface area contributed by atoms with Crippen molar-refractivity contribution in [3.63, 3.8) is 0 Å². The normalized spacial score (nSPS) is 15.5. The lowest BCUT2D eigenvalue weighted by atomic mass is 10.2. The summed E-state index contributed by atoms with van der Waals surface area (Å²) in [5, 5.41) is 18.0. The molecule has 0 spiro atoms. The van der Waals surface area contributed by atoms with Crippen molar-refractivity contribution in [2.75, 3.05) is 55.4 Å².